The van der Waals surface area contributed by atoms with Gasteiger partial charge in [-0.15, -0.1) is 0 Å². The molecule has 1 amide bonds. The topological polar surface area (TPSA) is 76.5 Å². The molecule has 146 valence electrons. The van der Waals surface area contributed by atoms with Crippen LogP contribution in [-0.2, 0) is 23.0 Å². The van der Waals surface area contributed by atoms with E-state index in [9.17, 15) is 9.59 Å². The molecule has 27 heavy (non-hydrogen) atoms. The quantitative estimate of drug-likeness (QED) is 0.817. The molecule has 1 fully saturated rings. The van der Waals surface area contributed by atoms with Crippen LogP contribution >= 0.6 is 0 Å². The van der Waals surface area contributed by atoms with Crippen molar-refractivity contribution in [3.05, 3.63) is 40.3 Å². The molecule has 0 saturated carbocycles. The number of aryl methyl sites for hydroxylation is 1. The van der Waals surface area contributed by atoms with E-state index in [1.165, 1.54) is 4.68 Å². The standard InChI is InChI=1S/C20H28N4O3/c1-14(2)18(24-8-10-27-11-9-24)13-21-19(25)12-17-15-6-4-5-7-16(15)20(26)23(3)22-17/h4-7,14,18H,8-13H2,1-3H3,(H,21,25). The molecule has 0 aliphatic carbocycles. The molecular weight excluding hydrogens is 344 g/mol. The van der Waals surface area contributed by atoms with Gasteiger partial charge in [-0.25, -0.2) is 4.68 Å². The summed E-state index contributed by atoms with van der Waals surface area (Å²) in [7, 11) is 1.61. The summed E-state index contributed by atoms with van der Waals surface area (Å²) in [5, 5.41) is 8.70. The molecule has 1 aliphatic rings. The molecule has 7 nitrogen and oxygen atoms in total. The van der Waals surface area contributed by atoms with Gasteiger partial charge in [0.2, 0.25) is 5.91 Å². The van der Waals surface area contributed by atoms with E-state index >= 15 is 0 Å². The largest absolute Gasteiger partial charge is 0.379 e. The summed E-state index contributed by atoms with van der Waals surface area (Å²) >= 11 is 0. The molecule has 1 aromatic heterocycles. The Hall–Kier alpha value is -2.25. The lowest BCUT2D eigenvalue weighted by atomic mass is 10.0. The number of nitrogens with zero attached hydrogens (tertiary/aromatic N) is 3. The van der Waals surface area contributed by atoms with Crippen molar-refractivity contribution in [2.24, 2.45) is 13.0 Å². The number of hydrogen-bond donors (Lipinski definition) is 1. The van der Waals surface area contributed by atoms with Crippen molar-refractivity contribution in [1.82, 2.24) is 20.0 Å². The lowest BCUT2D eigenvalue weighted by Gasteiger charge is -2.36. The zero-order valence-electron chi connectivity index (χ0n) is 16.3. The third kappa shape index (κ3) is 4.54. The van der Waals surface area contributed by atoms with E-state index in [-0.39, 0.29) is 23.9 Å². The van der Waals surface area contributed by atoms with Crippen molar-refractivity contribution in [2.75, 3.05) is 32.8 Å². The molecule has 3 rings (SSSR count). The number of morpholine rings is 1. The van der Waals surface area contributed by atoms with Crippen LogP contribution in [-0.4, -0.2) is 59.5 Å². The van der Waals surface area contributed by atoms with E-state index in [0.29, 0.717) is 23.5 Å². The number of nitrogens with one attached hydrogen (secondary N) is 1. The summed E-state index contributed by atoms with van der Waals surface area (Å²) in [6.07, 6.45) is 0.155. The van der Waals surface area contributed by atoms with Crippen LogP contribution in [0.1, 0.15) is 19.5 Å². The van der Waals surface area contributed by atoms with Crippen molar-refractivity contribution >= 4 is 16.7 Å². The Morgan fingerprint density at radius 2 is 1.89 bits per heavy atom. The first-order valence-corrected chi connectivity index (χ1v) is 9.50. The third-order valence-corrected chi connectivity index (χ3v) is 5.15. The van der Waals surface area contributed by atoms with Crippen molar-refractivity contribution < 1.29 is 9.53 Å². The Kier molecular flexibility index (Phi) is 6.23. The Morgan fingerprint density at radius 3 is 2.56 bits per heavy atom. The molecule has 2 heterocycles. The third-order valence-electron chi connectivity index (χ3n) is 5.15. The number of aromatic nitrogens is 2. The number of carbonyl (C=O) groups excluding carboxylic acids is 1. The first-order valence-electron chi connectivity index (χ1n) is 9.50. The summed E-state index contributed by atoms with van der Waals surface area (Å²) in [4.78, 5) is 27.2. The van der Waals surface area contributed by atoms with Gasteiger partial charge in [-0.05, 0) is 12.0 Å². The zero-order valence-corrected chi connectivity index (χ0v) is 16.3. The highest BCUT2D eigenvalue weighted by atomic mass is 16.5. The molecule has 1 aromatic carbocycles. The molecule has 1 saturated heterocycles. The van der Waals surface area contributed by atoms with Gasteiger partial charge in [0, 0.05) is 38.1 Å². The average Bonchev–Trinajstić information content (AvgIpc) is 2.66. The fourth-order valence-corrected chi connectivity index (χ4v) is 3.64. The van der Waals surface area contributed by atoms with E-state index in [2.05, 4.69) is 29.2 Å². The second-order valence-corrected chi connectivity index (χ2v) is 7.36. The van der Waals surface area contributed by atoms with Gasteiger partial charge in [0.05, 0.1) is 30.7 Å². The number of amides is 1. The molecule has 7 heteroatoms. The normalized spacial score (nSPS) is 16.6. The SMILES string of the molecule is CC(C)C(CNC(=O)Cc1nn(C)c(=O)c2ccccc12)N1CCOCC1. The van der Waals surface area contributed by atoms with Crippen LogP contribution in [0.15, 0.2) is 29.1 Å². The van der Waals surface area contributed by atoms with Gasteiger partial charge in [0.25, 0.3) is 5.56 Å². The first kappa shape index (κ1) is 19.5. The molecule has 1 atom stereocenters. The van der Waals surface area contributed by atoms with Crippen molar-refractivity contribution in [1.29, 1.82) is 0 Å². The zero-order chi connectivity index (χ0) is 19.4. The lowest BCUT2D eigenvalue weighted by Crippen LogP contribution is -2.51. The van der Waals surface area contributed by atoms with Gasteiger partial charge in [-0.1, -0.05) is 32.0 Å². The minimum absolute atomic E-state index is 0.0785. The van der Waals surface area contributed by atoms with Crippen molar-refractivity contribution in [3.8, 4) is 0 Å². The summed E-state index contributed by atoms with van der Waals surface area (Å²) in [5.74, 6) is 0.352. The molecule has 1 unspecified atom stereocenters. The Morgan fingerprint density at radius 1 is 1.22 bits per heavy atom. The highest BCUT2D eigenvalue weighted by molar-refractivity contribution is 5.88. The maximum Gasteiger partial charge on any atom is 0.274 e. The van der Waals surface area contributed by atoms with Crippen molar-refractivity contribution in [2.45, 2.75) is 26.3 Å². The lowest BCUT2D eigenvalue weighted by molar-refractivity contribution is -0.120. The molecule has 1 N–H and O–H groups in total. The van der Waals surface area contributed by atoms with E-state index in [4.69, 9.17) is 4.74 Å². The van der Waals surface area contributed by atoms with E-state index < -0.39 is 0 Å². The number of fused-ring (bicyclic) bond motifs is 1. The molecule has 0 bridgehead atoms. The number of ether oxygens (including phenoxy) is 1. The van der Waals surface area contributed by atoms with E-state index in [0.717, 1.165) is 31.7 Å². The molecule has 1 aliphatic heterocycles. The van der Waals surface area contributed by atoms with Gasteiger partial charge >= 0.3 is 0 Å². The summed E-state index contributed by atoms with van der Waals surface area (Å²) in [6, 6.07) is 7.58. The highest BCUT2D eigenvalue weighted by Gasteiger charge is 2.24. The van der Waals surface area contributed by atoms with Gasteiger partial charge in [0.1, 0.15) is 0 Å². The van der Waals surface area contributed by atoms with Gasteiger partial charge in [-0.2, -0.15) is 5.10 Å². The minimum Gasteiger partial charge on any atom is -0.379 e. The Labute approximate surface area is 159 Å². The van der Waals surface area contributed by atoms with Crippen LogP contribution in [0.5, 0.6) is 0 Å². The Balaban J connectivity index is 1.69. The first-order chi connectivity index (χ1) is 13.0. The Bertz CT molecular complexity index is 856. The molecule has 0 radical (unpaired) electrons. The van der Waals surface area contributed by atoms with E-state index in [1.807, 2.05) is 18.2 Å². The highest BCUT2D eigenvalue weighted by Crippen LogP contribution is 2.14. The predicted molar refractivity (Wildman–Crippen MR) is 105 cm³/mol. The van der Waals surface area contributed by atoms with E-state index in [1.54, 1.807) is 13.1 Å². The fourth-order valence-electron chi connectivity index (χ4n) is 3.64. The molecular formula is C20H28N4O3. The smallest absolute Gasteiger partial charge is 0.274 e. The molecule has 2 aromatic rings. The maximum atomic E-state index is 12.6. The second kappa shape index (κ2) is 8.63. The monoisotopic (exact) mass is 372 g/mol. The number of carbonyl (C=O) groups is 1. The average molecular weight is 372 g/mol. The van der Waals surface area contributed by atoms with Gasteiger partial charge < -0.3 is 10.1 Å². The van der Waals surface area contributed by atoms with Crippen LogP contribution in [0.25, 0.3) is 10.8 Å². The van der Waals surface area contributed by atoms with Gasteiger partial charge in [-0.3, -0.25) is 14.5 Å². The minimum atomic E-state index is -0.151. The maximum absolute atomic E-state index is 12.6. The number of hydrogen-bond acceptors (Lipinski definition) is 5. The summed E-state index contributed by atoms with van der Waals surface area (Å²) in [6.45, 7) is 8.22. The van der Waals surface area contributed by atoms with Gasteiger partial charge in [0.15, 0.2) is 0 Å². The second-order valence-electron chi connectivity index (χ2n) is 7.36. The number of rotatable bonds is 6. The van der Waals surface area contributed by atoms with Crippen LogP contribution in [0, 0.1) is 5.92 Å². The molecule has 0 spiro atoms. The van der Waals surface area contributed by atoms with Crippen LogP contribution in [0.3, 0.4) is 0 Å². The fraction of sp³-hybridized carbons (Fsp3) is 0.550. The van der Waals surface area contributed by atoms with Crippen LogP contribution in [0.4, 0.5) is 0 Å². The van der Waals surface area contributed by atoms with Crippen molar-refractivity contribution in [3.63, 3.8) is 0 Å². The summed E-state index contributed by atoms with van der Waals surface area (Å²) in [5.41, 5.74) is 0.472. The number of benzene rings is 1. The summed E-state index contributed by atoms with van der Waals surface area (Å²) < 4.78 is 6.73. The van der Waals surface area contributed by atoms with Crippen LogP contribution in [0.2, 0.25) is 0 Å². The predicted octanol–water partition coefficient (Wildman–Crippen LogP) is 0.949. The van der Waals surface area contributed by atoms with Crippen LogP contribution < -0.4 is 10.9 Å².